The third-order valence-corrected chi connectivity index (χ3v) is 5.25. The second-order valence-electron chi connectivity index (χ2n) is 7.62. The van der Waals surface area contributed by atoms with E-state index in [1.165, 1.54) is 18.7 Å². The van der Waals surface area contributed by atoms with Crippen LogP contribution in [0.25, 0.3) is 0 Å². The van der Waals surface area contributed by atoms with Crippen molar-refractivity contribution in [1.29, 1.82) is 0 Å². The van der Waals surface area contributed by atoms with E-state index in [-0.39, 0.29) is 25.3 Å². The van der Waals surface area contributed by atoms with Gasteiger partial charge in [0.25, 0.3) is 0 Å². The summed E-state index contributed by atoms with van der Waals surface area (Å²) < 4.78 is 0. The van der Waals surface area contributed by atoms with E-state index < -0.39 is 66.4 Å². The fourth-order valence-corrected chi connectivity index (χ4v) is 3.21. The van der Waals surface area contributed by atoms with E-state index in [0.717, 1.165) is 0 Å². The van der Waals surface area contributed by atoms with E-state index in [9.17, 15) is 29.1 Å². The van der Waals surface area contributed by atoms with Crippen molar-refractivity contribution in [2.45, 2.75) is 62.9 Å². The number of carboxylic acids is 2. The number of hydrogen-bond acceptors (Lipinski definition) is 9. The van der Waals surface area contributed by atoms with Gasteiger partial charge in [0.15, 0.2) is 5.96 Å². The fraction of sp³-hybridized carbons (Fsp3) is 0.684. The molecule has 0 saturated heterocycles. The van der Waals surface area contributed by atoms with Gasteiger partial charge < -0.3 is 48.5 Å². The summed E-state index contributed by atoms with van der Waals surface area (Å²) in [6, 6.07) is -5.50. The van der Waals surface area contributed by atoms with Crippen molar-refractivity contribution in [3.63, 3.8) is 0 Å². The van der Waals surface area contributed by atoms with E-state index in [2.05, 4.69) is 15.6 Å². The number of aliphatic imine (C=N–C) groups is 1. The zero-order valence-corrected chi connectivity index (χ0v) is 20.4. The molecule has 0 rings (SSSR count). The van der Waals surface area contributed by atoms with Crippen LogP contribution in [0, 0.1) is 0 Å². The number of amides is 3. The summed E-state index contributed by atoms with van der Waals surface area (Å²) in [7, 11) is 0. The lowest BCUT2D eigenvalue weighted by atomic mass is 10.1. The van der Waals surface area contributed by atoms with Crippen molar-refractivity contribution in [3.05, 3.63) is 0 Å². The van der Waals surface area contributed by atoms with Crippen molar-refractivity contribution >= 4 is 47.4 Å². The van der Waals surface area contributed by atoms with E-state index in [1.54, 1.807) is 0 Å². The van der Waals surface area contributed by atoms with Crippen molar-refractivity contribution in [3.8, 4) is 0 Å². The van der Waals surface area contributed by atoms with Gasteiger partial charge >= 0.3 is 11.9 Å². The van der Waals surface area contributed by atoms with Crippen LogP contribution in [0.4, 0.5) is 0 Å². The summed E-state index contributed by atoms with van der Waals surface area (Å²) in [6.45, 7) is 1.32. The summed E-state index contributed by atoms with van der Waals surface area (Å²) in [5.74, 6) is -5.21. The van der Waals surface area contributed by atoms with Crippen LogP contribution in [0.5, 0.6) is 0 Å². The Balaban J connectivity index is 5.51. The molecule has 12 N–H and O–H groups in total. The minimum Gasteiger partial charge on any atom is -0.481 e. The van der Waals surface area contributed by atoms with Gasteiger partial charge in [-0.05, 0) is 38.2 Å². The Hall–Kier alpha value is -3.11. The highest BCUT2D eigenvalue weighted by Gasteiger charge is 2.33. The van der Waals surface area contributed by atoms with E-state index in [1.807, 2.05) is 11.6 Å². The molecule has 0 radical (unpaired) electrons. The minimum absolute atomic E-state index is 0.0501. The van der Waals surface area contributed by atoms with E-state index >= 15 is 0 Å². The molecule has 16 heteroatoms. The Bertz CT molecular complexity index is 776. The number of aliphatic hydroxyl groups excluding tert-OH is 1. The number of rotatable bonds is 17. The highest BCUT2D eigenvalue weighted by molar-refractivity contribution is 7.98. The molecule has 35 heavy (non-hydrogen) atoms. The van der Waals surface area contributed by atoms with Crippen LogP contribution >= 0.6 is 11.8 Å². The summed E-state index contributed by atoms with van der Waals surface area (Å²) in [4.78, 5) is 63.7. The zero-order chi connectivity index (χ0) is 27.1. The van der Waals surface area contributed by atoms with Crippen molar-refractivity contribution in [2.24, 2.45) is 22.2 Å². The van der Waals surface area contributed by atoms with Gasteiger partial charge in [-0.1, -0.05) is 0 Å². The first-order valence-electron chi connectivity index (χ1n) is 10.6. The number of thioether (sulfide) groups is 1. The van der Waals surface area contributed by atoms with Gasteiger partial charge in [-0.2, -0.15) is 11.8 Å². The molecule has 200 valence electrons. The quantitative estimate of drug-likeness (QED) is 0.0512. The Morgan fingerprint density at radius 3 is 2.03 bits per heavy atom. The predicted molar refractivity (Wildman–Crippen MR) is 128 cm³/mol. The first kappa shape index (κ1) is 31.9. The third-order valence-electron chi connectivity index (χ3n) is 4.60. The van der Waals surface area contributed by atoms with Crippen LogP contribution in [0.15, 0.2) is 4.99 Å². The number of guanidine groups is 1. The lowest BCUT2D eigenvalue weighted by molar-refractivity contribution is -0.148. The second-order valence-corrected chi connectivity index (χ2v) is 8.61. The lowest BCUT2D eigenvalue weighted by Crippen LogP contribution is -2.60. The Labute approximate surface area is 206 Å². The Morgan fingerprint density at radius 1 is 0.943 bits per heavy atom. The lowest BCUT2D eigenvalue weighted by Gasteiger charge is -2.26. The molecule has 0 bridgehead atoms. The molecule has 0 heterocycles. The number of hydrogen-bond donors (Lipinski definition) is 9. The molecule has 0 saturated carbocycles. The van der Waals surface area contributed by atoms with Crippen LogP contribution in [0.2, 0.25) is 0 Å². The Morgan fingerprint density at radius 2 is 1.54 bits per heavy atom. The molecular formula is C19H35N7O8S. The molecular weight excluding hydrogens is 486 g/mol. The average molecular weight is 522 g/mol. The molecule has 0 aliphatic carbocycles. The number of nitrogens with zero attached hydrogens (tertiary/aromatic N) is 1. The molecule has 0 aromatic heterocycles. The largest absolute Gasteiger partial charge is 0.481 e. The average Bonchev–Trinajstić information content (AvgIpc) is 2.75. The van der Waals surface area contributed by atoms with Gasteiger partial charge in [0.05, 0.1) is 18.6 Å². The smallest absolute Gasteiger partial charge is 0.326 e. The number of nitrogens with two attached hydrogens (primary N) is 3. The molecule has 0 fully saturated rings. The zero-order valence-electron chi connectivity index (χ0n) is 19.6. The molecule has 0 aromatic rings. The number of aliphatic carboxylic acids is 2. The van der Waals surface area contributed by atoms with Gasteiger partial charge in [-0.15, -0.1) is 0 Å². The van der Waals surface area contributed by atoms with Gasteiger partial charge in [-0.25, -0.2) is 4.79 Å². The highest BCUT2D eigenvalue weighted by Crippen LogP contribution is 2.05. The molecule has 5 unspecified atom stereocenters. The van der Waals surface area contributed by atoms with Crippen LogP contribution in [-0.2, 0) is 24.0 Å². The van der Waals surface area contributed by atoms with Crippen molar-refractivity contribution in [2.75, 3.05) is 18.6 Å². The molecule has 5 atom stereocenters. The van der Waals surface area contributed by atoms with Gasteiger partial charge in [0, 0.05) is 6.54 Å². The molecule has 0 aliphatic heterocycles. The number of nitrogens with one attached hydrogen (secondary N) is 3. The van der Waals surface area contributed by atoms with Crippen LogP contribution in [0.1, 0.15) is 32.6 Å². The maximum Gasteiger partial charge on any atom is 0.326 e. The maximum absolute atomic E-state index is 12.9. The SMILES string of the molecule is CSCCC(N)C(=O)NC(CCCN=C(N)N)C(=O)NC(C(=O)NC(CC(=O)O)C(=O)O)C(C)O. The summed E-state index contributed by atoms with van der Waals surface area (Å²) in [5, 5.41) is 34.7. The summed E-state index contributed by atoms with van der Waals surface area (Å²) in [5.41, 5.74) is 16.4. The number of carboxylic acid groups (broad SMARTS) is 2. The molecule has 0 aliphatic rings. The first-order chi connectivity index (χ1) is 16.3. The van der Waals surface area contributed by atoms with Crippen molar-refractivity contribution in [1.82, 2.24) is 16.0 Å². The molecule has 0 spiro atoms. The topological polar surface area (TPSA) is 273 Å². The van der Waals surface area contributed by atoms with Gasteiger partial charge in [0.2, 0.25) is 17.7 Å². The second kappa shape index (κ2) is 16.5. The summed E-state index contributed by atoms with van der Waals surface area (Å²) >= 11 is 1.49. The fourth-order valence-electron chi connectivity index (χ4n) is 2.72. The molecule has 3 amide bonds. The van der Waals surface area contributed by atoms with Gasteiger partial charge in [-0.3, -0.25) is 24.2 Å². The molecule has 0 aromatic carbocycles. The monoisotopic (exact) mass is 521 g/mol. The van der Waals surface area contributed by atoms with Crippen LogP contribution in [0.3, 0.4) is 0 Å². The van der Waals surface area contributed by atoms with Gasteiger partial charge in [0.1, 0.15) is 18.1 Å². The number of carbonyl (C=O) groups is 5. The third kappa shape index (κ3) is 13.4. The predicted octanol–water partition coefficient (Wildman–Crippen LogP) is -3.49. The molecule has 15 nitrogen and oxygen atoms in total. The Kier molecular flexibility index (Phi) is 15.0. The first-order valence-corrected chi connectivity index (χ1v) is 12.0. The number of carbonyl (C=O) groups excluding carboxylic acids is 3. The normalized spacial score (nSPS) is 15.0. The number of aliphatic hydroxyl groups is 1. The van der Waals surface area contributed by atoms with E-state index in [4.69, 9.17) is 27.4 Å². The highest BCUT2D eigenvalue weighted by atomic mass is 32.2. The van der Waals surface area contributed by atoms with E-state index in [0.29, 0.717) is 12.2 Å². The maximum atomic E-state index is 12.9. The summed E-state index contributed by atoms with van der Waals surface area (Å²) in [6.07, 6.45) is 0.112. The van der Waals surface area contributed by atoms with Crippen LogP contribution in [-0.4, -0.2) is 99.8 Å². The van der Waals surface area contributed by atoms with Crippen LogP contribution < -0.4 is 33.2 Å². The standard InChI is InChI=1S/C19H35N7O8S/c1-9(27)14(17(32)25-12(18(33)34)8-13(28)29)26-16(31)11(4-3-6-23-19(21)22)24-15(30)10(20)5-7-35-2/h9-12,14,27H,3-8,20H2,1-2H3,(H,24,30)(H,25,32)(H,26,31)(H,28,29)(H,33,34)(H4,21,22,23). The van der Waals surface area contributed by atoms with Crippen molar-refractivity contribution < 1.29 is 39.3 Å². The minimum atomic E-state index is -1.79.